The van der Waals surface area contributed by atoms with Crippen molar-refractivity contribution >= 4 is 12.7 Å². The van der Waals surface area contributed by atoms with E-state index in [1.54, 1.807) is 0 Å². The second-order valence-electron chi connectivity index (χ2n) is 9.20. The molecule has 1 aliphatic rings. The molecule has 3 atom stereocenters. The van der Waals surface area contributed by atoms with Crippen molar-refractivity contribution in [3.63, 3.8) is 0 Å². The van der Waals surface area contributed by atoms with Gasteiger partial charge >= 0.3 is 0 Å². The Balaban J connectivity index is 1.30. The fourth-order valence-corrected chi connectivity index (χ4v) is 7.26. The minimum absolute atomic E-state index is 0.504. The fraction of sp³-hybridized carbons (Fsp3) is 0.333. The van der Waals surface area contributed by atoms with E-state index < -0.39 is 7.37 Å². The maximum absolute atomic E-state index is 13.9. The van der Waals surface area contributed by atoms with Gasteiger partial charge in [-0.05, 0) is 67.2 Å². The molecule has 0 saturated carbocycles. The average Bonchev–Trinajstić information content (AvgIpc) is 2.86. The Morgan fingerprint density at radius 3 is 2.33 bits per heavy atom. The molecule has 0 spiro atoms. The molecular weight excluding hydrogens is 423 g/mol. The van der Waals surface area contributed by atoms with Crippen LogP contribution in [0.5, 0.6) is 5.75 Å². The van der Waals surface area contributed by atoms with Crippen LogP contribution in [0.25, 0.3) is 11.1 Å². The number of hydrogen-bond donors (Lipinski definition) is 0. The molecule has 3 heteroatoms. The minimum atomic E-state index is -2.90. The summed E-state index contributed by atoms with van der Waals surface area (Å²) in [6.45, 7) is 4.53. The van der Waals surface area contributed by atoms with Gasteiger partial charge < -0.3 is 4.52 Å². The van der Waals surface area contributed by atoms with Crippen molar-refractivity contribution < 1.29 is 9.09 Å². The highest BCUT2D eigenvalue weighted by atomic mass is 31.2. The topological polar surface area (TPSA) is 26.3 Å². The molecule has 0 saturated heterocycles. The lowest BCUT2D eigenvalue weighted by Gasteiger charge is -2.29. The lowest BCUT2D eigenvalue weighted by atomic mass is 9.93. The molecule has 1 heterocycles. The van der Waals surface area contributed by atoms with E-state index in [-0.39, 0.29) is 0 Å². The predicted octanol–water partition coefficient (Wildman–Crippen LogP) is 8.60. The Hall–Kier alpha value is -2.57. The quantitative estimate of drug-likeness (QED) is 0.225. The maximum Gasteiger partial charge on any atom is 0.277 e. The third kappa shape index (κ3) is 5.68. The van der Waals surface area contributed by atoms with E-state index >= 15 is 0 Å². The van der Waals surface area contributed by atoms with E-state index in [1.807, 2.05) is 42.5 Å². The lowest BCUT2D eigenvalue weighted by molar-refractivity contribution is 0.470. The number of allylic oxidation sites excluding steroid dienone is 2. The van der Waals surface area contributed by atoms with Crippen molar-refractivity contribution in [3.8, 4) is 16.9 Å². The zero-order chi connectivity index (χ0) is 23.1. The highest BCUT2D eigenvalue weighted by Crippen LogP contribution is 2.55. The molecule has 0 fully saturated rings. The van der Waals surface area contributed by atoms with Gasteiger partial charge in [-0.2, -0.15) is 0 Å². The van der Waals surface area contributed by atoms with Crippen molar-refractivity contribution in [2.24, 2.45) is 5.92 Å². The molecule has 0 radical (unpaired) electrons. The Morgan fingerprint density at radius 2 is 1.55 bits per heavy atom. The summed E-state index contributed by atoms with van der Waals surface area (Å²) >= 11 is 0. The van der Waals surface area contributed by atoms with E-state index in [4.69, 9.17) is 4.52 Å². The van der Waals surface area contributed by atoms with Crippen LogP contribution in [0.3, 0.4) is 0 Å². The Labute approximate surface area is 199 Å². The number of hydrogen-bond acceptors (Lipinski definition) is 2. The van der Waals surface area contributed by atoms with Gasteiger partial charge in [-0.1, -0.05) is 92.7 Å². The fourth-order valence-electron chi connectivity index (χ4n) is 4.70. The predicted molar refractivity (Wildman–Crippen MR) is 141 cm³/mol. The van der Waals surface area contributed by atoms with Crippen LogP contribution in [0.1, 0.15) is 57.4 Å². The summed E-state index contributed by atoms with van der Waals surface area (Å²) in [7, 11) is -2.90. The van der Waals surface area contributed by atoms with Gasteiger partial charge in [0.05, 0.1) is 5.30 Å². The SMILES string of the molecule is CCC(C/C=C/CCC(C)CCP1(=O)Oc2ccccc2-c2ccccc21)c1ccccc1. The molecule has 2 nitrogen and oxygen atoms in total. The van der Waals surface area contributed by atoms with E-state index in [9.17, 15) is 4.57 Å². The summed E-state index contributed by atoms with van der Waals surface area (Å²) < 4.78 is 20.1. The highest BCUT2D eigenvalue weighted by Gasteiger charge is 2.35. The standard InChI is InChI=1S/C30H35O2P/c1-3-25(26-16-8-5-9-17-26)15-7-4-6-14-24(2)22-23-33(31)30-21-13-11-19-28(30)27-18-10-12-20-29(27)32-33/h4-5,7-13,16-21,24-25H,3,6,14-15,22-23H2,1-2H3/b7-4+. The minimum Gasteiger partial charge on any atom is -0.439 e. The van der Waals surface area contributed by atoms with Crippen LogP contribution in [-0.2, 0) is 4.57 Å². The smallest absolute Gasteiger partial charge is 0.277 e. The van der Waals surface area contributed by atoms with Crippen molar-refractivity contribution in [2.75, 3.05) is 6.16 Å². The summed E-state index contributed by atoms with van der Waals surface area (Å²) in [4.78, 5) is 0. The molecule has 0 aliphatic carbocycles. The molecule has 172 valence electrons. The van der Waals surface area contributed by atoms with E-state index in [1.165, 1.54) is 5.56 Å². The number of rotatable bonds is 10. The van der Waals surface area contributed by atoms with Crippen LogP contribution >= 0.6 is 7.37 Å². The molecule has 0 aromatic heterocycles. The third-order valence-electron chi connectivity index (χ3n) is 6.79. The van der Waals surface area contributed by atoms with Crippen molar-refractivity contribution in [1.29, 1.82) is 0 Å². The molecule has 0 amide bonds. The Bertz CT molecular complexity index is 1120. The van der Waals surface area contributed by atoms with Crippen LogP contribution in [0.4, 0.5) is 0 Å². The van der Waals surface area contributed by atoms with Gasteiger partial charge in [0.25, 0.3) is 7.37 Å². The van der Waals surface area contributed by atoms with E-state index in [0.717, 1.165) is 54.3 Å². The van der Waals surface area contributed by atoms with E-state index in [0.29, 0.717) is 18.0 Å². The van der Waals surface area contributed by atoms with Crippen LogP contribution in [0.15, 0.2) is 91.0 Å². The molecule has 3 aromatic carbocycles. The average molecular weight is 459 g/mol. The number of fused-ring (bicyclic) bond motifs is 3. The van der Waals surface area contributed by atoms with Crippen molar-refractivity contribution in [2.45, 2.75) is 51.9 Å². The zero-order valence-electron chi connectivity index (χ0n) is 19.8. The Morgan fingerprint density at radius 1 is 0.848 bits per heavy atom. The summed E-state index contributed by atoms with van der Waals surface area (Å²) in [5.41, 5.74) is 3.53. The maximum atomic E-state index is 13.9. The molecule has 4 rings (SSSR count). The first-order valence-electron chi connectivity index (χ1n) is 12.3. The number of benzene rings is 3. The molecule has 3 unspecified atom stereocenters. The van der Waals surface area contributed by atoms with Crippen LogP contribution < -0.4 is 9.83 Å². The first kappa shape index (κ1) is 23.6. The molecule has 0 bridgehead atoms. The summed E-state index contributed by atoms with van der Waals surface area (Å²) in [6, 6.07) is 26.8. The summed E-state index contributed by atoms with van der Waals surface area (Å²) in [5, 5.41) is 0.877. The highest BCUT2D eigenvalue weighted by molar-refractivity contribution is 7.67. The summed E-state index contributed by atoms with van der Waals surface area (Å²) in [6.07, 6.45) is 10.6. The van der Waals surface area contributed by atoms with Crippen LogP contribution in [-0.4, -0.2) is 6.16 Å². The third-order valence-corrected chi connectivity index (χ3v) is 9.25. The second-order valence-corrected chi connectivity index (χ2v) is 11.7. The lowest BCUT2D eigenvalue weighted by Crippen LogP contribution is -2.20. The van der Waals surface area contributed by atoms with Gasteiger partial charge in [-0.25, -0.2) is 0 Å². The second kappa shape index (κ2) is 11.0. The monoisotopic (exact) mass is 458 g/mol. The first-order chi connectivity index (χ1) is 16.1. The molecule has 3 aromatic rings. The molecule has 0 N–H and O–H groups in total. The van der Waals surface area contributed by atoms with Gasteiger partial charge in [-0.3, -0.25) is 4.57 Å². The Kier molecular flexibility index (Phi) is 7.89. The van der Waals surface area contributed by atoms with Gasteiger partial charge in [0.1, 0.15) is 5.75 Å². The normalized spacial score (nSPS) is 18.8. The van der Waals surface area contributed by atoms with Gasteiger partial charge in [0.2, 0.25) is 0 Å². The van der Waals surface area contributed by atoms with Crippen molar-refractivity contribution in [1.82, 2.24) is 0 Å². The van der Waals surface area contributed by atoms with E-state index in [2.05, 4.69) is 62.4 Å². The summed E-state index contributed by atoms with van der Waals surface area (Å²) in [5.74, 6) is 1.85. The first-order valence-corrected chi connectivity index (χ1v) is 14.1. The van der Waals surface area contributed by atoms with Crippen LogP contribution in [0.2, 0.25) is 0 Å². The number of para-hydroxylation sites is 1. The van der Waals surface area contributed by atoms with Gasteiger partial charge in [0.15, 0.2) is 0 Å². The molecular formula is C30H35O2P. The van der Waals surface area contributed by atoms with Gasteiger partial charge in [-0.15, -0.1) is 0 Å². The van der Waals surface area contributed by atoms with Crippen LogP contribution in [0, 0.1) is 5.92 Å². The van der Waals surface area contributed by atoms with Gasteiger partial charge in [0, 0.05) is 11.7 Å². The molecule has 33 heavy (non-hydrogen) atoms. The largest absolute Gasteiger partial charge is 0.439 e. The molecule has 1 aliphatic heterocycles. The van der Waals surface area contributed by atoms with Crippen molar-refractivity contribution in [3.05, 3.63) is 96.6 Å². The zero-order valence-corrected chi connectivity index (χ0v) is 20.7.